The lowest BCUT2D eigenvalue weighted by atomic mass is 9.41. The maximum absolute atomic E-state index is 11.2. The van der Waals surface area contributed by atoms with Crippen molar-refractivity contribution in [3.05, 3.63) is 12.2 Å². The Morgan fingerprint density at radius 3 is 2.57 bits per heavy atom. The van der Waals surface area contributed by atoms with E-state index in [9.17, 15) is 15.3 Å². The van der Waals surface area contributed by atoms with Gasteiger partial charge in [0.05, 0.1) is 11.7 Å². The Morgan fingerprint density at radius 1 is 1.13 bits per heavy atom. The Hall–Kier alpha value is -0.380. The molecular weight excluding hydrogens is 288 g/mol. The van der Waals surface area contributed by atoms with E-state index in [1.165, 1.54) is 6.42 Å². The molecule has 4 rings (SSSR count). The van der Waals surface area contributed by atoms with Gasteiger partial charge in [-0.3, -0.25) is 0 Å². The van der Waals surface area contributed by atoms with Crippen LogP contribution in [0.25, 0.3) is 0 Å². The molecule has 0 unspecified atom stereocenters. The van der Waals surface area contributed by atoms with E-state index in [-0.39, 0.29) is 34.9 Å². The molecule has 3 nitrogen and oxygen atoms in total. The van der Waals surface area contributed by atoms with Crippen LogP contribution in [-0.2, 0) is 0 Å². The lowest BCUT2D eigenvalue weighted by Gasteiger charge is -2.64. The second-order valence-electron chi connectivity index (χ2n) is 9.92. The molecule has 1 spiro atoms. The molecule has 0 aromatic rings. The van der Waals surface area contributed by atoms with Gasteiger partial charge in [-0.1, -0.05) is 32.4 Å². The van der Waals surface area contributed by atoms with Gasteiger partial charge in [0.1, 0.15) is 0 Å². The van der Waals surface area contributed by atoms with Crippen molar-refractivity contribution >= 4 is 0 Å². The summed E-state index contributed by atoms with van der Waals surface area (Å²) in [5.41, 5.74) is -0.815. The van der Waals surface area contributed by atoms with E-state index in [2.05, 4.69) is 26.0 Å². The Balaban J connectivity index is 1.81. The van der Waals surface area contributed by atoms with E-state index in [0.717, 1.165) is 25.7 Å². The van der Waals surface area contributed by atoms with Crippen molar-refractivity contribution in [2.24, 2.45) is 34.0 Å². The molecule has 0 saturated heterocycles. The fourth-order valence-corrected chi connectivity index (χ4v) is 7.38. The number of hydrogen-bond acceptors (Lipinski definition) is 3. The van der Waals surface area contributed by atoms with Gasteiger partial charge in [-0.05, 0) is 61.7 Å². The van der Waals surface area contributed by atoms with Crippen molar-refractivity contribution in [3.63, 3.8) is 0 Å². The van der Waals surface area contributed by atoms with Crippen molar-refractivity contribution in [1.82, 2.24) is 0 Å². The minimum atomic E-state index is -0.690. The molecular formula is C20H32O3. The van der Waals surface area contributed by atoms with Gasteiger partial charge in [0, 0.05) is 17.9 Å². The van der Waals surface area contributed by atoms with Crippen LogP contribution in [0.15, 0.2) is 12.2 Å². The third-order valence-corrected chi connectivity index (χ3v) is 8.54. The molecule has 3 heteroatoms. The zero-order valence-electron chi connectivity index (χ0n) is 14.8. The van der Waals surface area contributed by atoms with Gasteiger partial charge in [-0.15, -0.1) is 0 Å². The predicted molar refractivity (Wildman–Crippen MR) is 89.7 cm³/mol. The lowest BCUT2D eigenvalue weighted by molar-refractivity contribution is -0.187. The molecule has 2 bridgehead atoms. The molecule has 0 heterocycles. The van der Waals surface area contributed by atoms with Crippen molar-refractivity contribution < 1.29 is 15.3 Å². The maximum atomic E-state index is 11.2. The lowest BCUT2D eigenvalue weighted by Crippen LogP contribution is -2.61. The first-order valence-corrected chi connectivity index (χ1v) is 9.38. The molecule has 3 saturated carbocycles. The van der Waals surface area contributed by atoms with Crippen LogP contribution >= 0.6 is 0 Å². The summed E-state index contributed by atoms with van der Waals surface area (Å²) in [7, 11) is 0. The molecule has 0 aromatic heterocycles. The molecule has 23 heavy (non-hydrogen) atoms. The molecule has 0 aromatic carbocycles. The molecule has 3 fully saturated rings. The summed E-state index contributed by atoms with van der Waals surface area (Å²) < 4.78 is 0. The maximum Gasteiger partial charge on any atom is 0.0688 e. The standard InChI is InChI=1S/C20H32O3/c1-17(12-21)7-4-8-18(2)14-6-5-13-10-20(14,11-19(13,3)23)16(22)9-15(17)18/h5-6,13-16,21-23H,4,7-12H2,1-3H3/t13-,14+,15-,16+,17-,18+,19-,20-/m1/s1. The average molecular weight is 320 g/mol. The van der Waals surface area contributed by atoms with Gasteiger partial charge in [0.15, 0.2) is 0 Å². The number of aliphatic hydroxyl groups excluding tert-OH is 2. The number of allylic oxidation sites excluding steroid dienone is 1. The smallest absolute Gasteiger partial charge is 0.0688 e. The highest BCUT2D eigenvalue weighted by Gasteiger charge is 2.68. The number of aliphatic hydroxyl groups is 3. The summed E-state index contributed by atoms with van der Waals surface area (Å²) in [5.74, 6) is 0.854. The van der Waals surface area contributed by atoms with Gasteiger partial charge in [-0.25, -0.2) is 0 Å². The monoisotopic (exact) mass is 320 g/mol. The highest BCUT2D eigenvalue weighted by atomic mass is 16.3. The van der Waals surface area contributed by atoms with Crippen molar-refractivity contribution in [3.8, 4) is 0 Å². The van der Waals surface area contributed by atoms with Gasteiger partial charge < -0.3 is 15.3 Å². The molecule has 0 amide bonds. The summed E-state index contributed by atoms with van der Waals surface area (Å²) in [6.07, 6.45) is 9.97. The number of rotatable bonds is 1. The number of fused-ring (bicyclic) bond motifs is 3. The summed E-state index contributed by atoms with van der Waals surface area (Å²) in [6, 6.07) is 0. The van der Waals surface area contributed by atoms with Gasteiger partial charge in [0.25, 0.3) is 0 Å². The quantitative estimate of drug-likeness (QED) is 0.651. The Labute approximate surface area is 139 Å². The van der Waals surface area contributed by atoms with Gasteiger partial charge in [-0.2, -0.15) is 0 Å². The normalized spacial score (nSPS) is 61.1. The summed E-state index contributed by atoms with van der Waals surface area (Å²) >= 11 is 0. The van der Waals surface area contributed by atoms with Crippen LogP contribution in [0.1, 0.15) is 59.3 Å². The Bertz CT molecular complexity index is 541. The minimum Gasteiger partial charge on any atom is -0.396 e. The Kier molecular flexibility index (Phi) is 3.23. The summed E-state index contributed by atoms with van der Waals surface area (Å²) in [4.78, 5) is 0. The fourth-order valence-electron chi connectivity index (χ4n) is 7.38. The molecule has 0 aliphatic heterocycles. The van der Waals surface area contributed by atoms with Gasteiger partial charge >= 0.3 is 0 Å². The first-order valence-electron chi connectivity index (χ1n) is 9.38. The topological polar surface area (TPSA) is 60.7 Å². The molecule has 8 atom stereocenters. The average Bonchev–Trinajstić information content (AvgIpc) is 2.69. The van der Waals surface area contributed by atoms with Crippen LogP contribution in [0, 0.1) is 34.0 Å². The fraction of sp³-hybridized carbons (Fsp3) is 0.900. The molecule has 4 aliphatic rings. The van der Waals surface area contributed by atoms with E-state index in [1.54, 1.807) is 0 Å². The SMILES string of the molecule is C[C@]1(CO)CCC[C@]2(C)[C@@H]1C[C@H](O)[C@@]13C[C@@H](C=C[C@@H]21)[C@](C)(O)C3. The number of hydrogen-bond donors (Lipinski definition) is 3. The predicted octanol–water partition coefficient (Wildman–Crippen LogP) is 2.89. The molecule has 0 radical (unpaired) electrons. The van der Waals surface area contributed by atoms with E-state index < -0.39 is 5.60 Å². The van der Waals surface area contributed by atoms with Crippen LogP contribution in [0.2, 0.25) is 0 Å². The largest absolute Gasteiger partial charge is 0.396 e. The van der Waals surface area contributed by atoms with Crippen LogP contribution in [0.4, 0.5) is 0 Å². The molecule has 130 valence electrons. The minimum absolute atomic E-state index is 0.0819. The first kappa shape index (κ1) is 16.1. The first-order chi connectivity index (χ1) is 10.7. The van der Waals surface area contributed by atoms with E-state index in [4.69, 9.17) is 0 Å². The van der Waals surface area contributed by atoms with Crippen LogP contribution in [-0.4, -0.2) is 33.6 Å². The highest BCUT2D eigenvalue weighted by Crippen LogP contribution is 2.71. The zero-order chi connectivity index (χ0) is 16.7. The second kappa shape index (κ2) is 4.62. The molecule has 4 aliphatic carbocycles. The summed E-state index contributed by atoms with van der Waals surface area (Å²) in [5, 5.41) is 32.1. The van der Waals surface area contributed by atoms with E-state index in [0.29, 0.717) is 18.3 Å². The van der Waals surface area contributed by atoms with Crippen LogP contribution < -0.4 is 0 Å². The van der Waals surface area contributed by atoms with Crippen molar-refractivity contribution in [2.75, 3.05) is 6.61 Å². The highest BCUT2D eigenvalue weighted by molar-refractivity contribution is 5.26. The van der Waals surface area contributed by atoms with Crippen molar-refractivity contribution in [2.45, 2.75) is 71.0 Å². The van der Waals surface area contributed by atoms with Crippen LogP contribution in [0.3, 0.4) is 0 Å². The van der Waals surface area contributed by atoms with Crippen LogP contribution in [0.5, 0.6) is 0 Å². The van der Waals surface area contributed by atoms with E-state index >= 15 is 0 Å². The Morgan fingerprint density at radius 2 is 1.87 bits per heavy atom. The zero-order valence-corrected chi connectivity index (χ0v) is 14.8. The van der Waals surface area contributed by atoms with Gasteiger partial charge in [0.2, 0.25) is 0 Å². The summed E-state index contributed by atoms with van der Waals surface area (Å²) in [6.45, 7) is 6.75. The molecule has 3 N–H and O–H groups in total. The third-order valence-electron chi connectivity index (χ3n) is 8.54. The third kappa shape index (κ3) is 1.88. The second-order valence-corrected chi connectivity index (χ2v) is 9.92. The van der Waals surface area contributed by atoms with E-state index in [1.807, 2.05) is 6.92 Å². The van der Waals surface area contributed by atoms with Crippen molar-refractivity contribution in [1.29, 1.82) is 0 Å².